The van der Waals surface area contributed by atoms with Gasteiger partial charge in [-0.2, -0.15) is 5.26 Å². The van der Waals surface area contributed by atoms with Gasteiger partial charge in [0, 0.05) is 13.2 Å². The van der Waals surface area contributed by atoms with Crippen LogP contribution >= 0.6 is 0 Å². The Hall–Kier alpha value is -0.590. The third-order valence-electron chi connectivity index (χ3n) is 4.14. The highest BCUT2D eigenvalue weighted by molar-refractivity contribution is 5.15. The second-order valence-electron chi connectivity index (χ2n) is 5.18. The van der Waals surface area contributed by atoms with Crippen molar-refractivity contribution in [3.05, 3.63) is 0 Å². The van der Waals surface area contributed by atoms with Crippen LogP contribution in [0.5, 0.6) is 0 Å². The molecule has 3 nitrogen and oxygen atoms in total. The van der Waals surface area contributed by atoms with Crippen molar-refractivity contribution >= 4 is 0 Å². The number of nitrogens with zero attached hydrogens (tertiary/aromatic N) is 1. The van der Waals surface area contributed by atoms with Crippen molar-refractivity contribution in [2.75, 3.05) is 7.11 Å². The lowest BCUT2D eigenvalue weighted by atomic mass is 9.79. The molecule has 3 heteroatoms. The lowest BCUT2D eigenvalue weighted by Crippen LogP contribution is -2.58. The molecule has 0 bridgehead atoms. The summed E-state index contributed by atoms with van der Waals surface area (Å²) in [6.45, 7) is 0. The van der Waals surface area contributed by atoms with Crippen LogP contribution in [0, 0.1) is 11.3 Å². The van der Waals surface area contributed by atoms with Crippen molar-refractivity contribution in [2.45, 2.75) is 69.1 Å². The zero-order valence-corrected chi connectivity index (χ0v) is 10.2. The zero-order valence-electron chi connectivity index (χ0n) is 10.2. The average molecular weight is 222 g/mol. The fraction of sp³-hybridized carbons (Fsp3) is 0.923. The molecule has 2 aliphatic rings. The van der Waals surface area contributed by atoms with Gasteiger partial charge in [0.25, 0.3) is 0 Å². The summed E-state index contributed by atoms with van der Waals surface area (Å²) < 4.78 is 5.52. The third kappa shape index (κ3) is 2.23. The summed E-state index contributed by atoms with van der Waals surface area (Å²) in [5.74, 6) is 0. The zero-order chi connectivity index (χ0) is 11.4. The van der Waals surface area contributed by atoms with Gasteiger partial charge in [-0.25, -0.2) is 0 Å². The highest BCUT2D eigenvalue weighted by atomic mass is 16.5. The van der Waals surface area contributed by atoms with E-state index in [1.807, 2.05) is 0 Å². The van der Waals surface area contributed by atoms with Crippen LogP contribution in [-0.2, 0) is 4.74 Å². The molecule has 0 heterocycles. The molecular formula is C13H22N2O. The van der Waals surface area contributed by atoms with E-state index >= 15 is 0 Å². The van der Waals surface area contributed by atoms with Gasteiger partial charge >= 0.3 is 0 Å². The summed E-state index contributed by atoms with van der Waals surface area (Å²) in [7, 11) is 1.73. The van der Waals surface area contributed by atoms with Crippen molar-refractivity contribution in [2.24, 2.45) is 0 Å². The summed E-state index contributed by atoms with van der Waals surface area (Å²) in [6, 6.07) is 3.05. The number of rotatable bonds is 3. The monoisotopic (exact) mass is 222 g/mol. The van der Waals surface area contributed by atoms with Crippen LogP contribution in [0.1, 0.15) is 51.4 Å². The third-order valence-corrected chi connectivity index (χ3v) is 4.14. The van der Waals surface area contributed by atoms with E-state index in [-0.39, 0.29) is 6.10 Å². The van der Waals surface area contributed by atoms with Crippen LogP contribution in [-0.4, -0.2) is 24.8 Å². The van der Waals surface area contributed by atoms with Crippen LogP contribution < -0.4 is 5.32 Å². The predicted molar refractivity (Wildman–Crippen MR) is 63.0 cm³/mol. The first kappa shape index (κ1) is 11.9. The molecule has 2 rings (SSSR count). The van der Waals surface area contributed by atoms with Crippen molar-refractivity contribution < 1.29 is 4.74 Å². The van der Waals surface area contributed by atoms with Gasteiger partial charge in [-0.15, -0.1) is 0 Å². The Labute approximate surface area is 98.2 Å². The summed E-state index contributed by atoms with van der Waals surface area (Å²) in [4.78, 5) is 0. The predicted octanol–water partition coefficient (Wildman–Crippen LogP) is 2.37. The van der Waals surface area contributed by atoms with Crippen LogP contribution in [0.25, 0.3) is 0 Å². The minimum absolute atomic E-state index is 0.0758. The minimum atomic E-state index is -0.415. The van der Waals surface area contributed by atoms with E-state index in [9.17, 15) is 5.26 Å². The van der Waals surface area contributed by atoms with E-state index < -0.39 is 5.54 Å². The molecule has 2 saturated carbocycles. The topological polar surface area (TPSA) is 45.0 Å². The molecule has 16 heavy (non-hydrogen) atoms. The van der Waals surface area contributed by atoms with Crippen molar-refractivity contribution in [1.29, 1.82) is 5.26 Å². The fourth-order valence-electron chi connectivity index (χ4n) is 3.22. The van der Waals surface area contributed by atoms with E-state index in [0.717, 1.165) is 19.3 Å². The van der Waals surface area contributed by atoms with E-state index in [0.29, 0.717) is 6.04 Å². The SMILES string of the molecule is COC1CCCCC1(C#N)NC1CCCC1. The number of methoxy groups -OCH3 is 1. The molecular weight excluding hydrogens is 200 g/mol. The first-order valence-corrected chi connectivity index (χ1v) is 6.52. The Morgan fingerprint density at radius 2 is 1.88 bits per heavy atom. The van der Waals surface area contributed by atoms with Gasteiger partial charge in [-0.05, 0) is 25.7 Å². The Balaban J connectivity index is 2.06. The first-order valence-electron chi connectivity index (χ1n) is 6.52. The van der Waals surface area contributed by atoms with Gasteiger partial charge in [-0.1, -0.05) is 25.7 Å². The molecule has 2 atom stereocenters. The summed E-state index contributed by atoms with van der Waals surface area (Å²) >= 11 is 0. The molecule has 90 valence electrons. The van der Waals surface area contributed by atoms with Crippen molar-refractivity contribution in [3.63, 3.8) is 0 Å². The van der Waals surface area contributed by atoms with E-state index in [1.54, 1.807) is 7.11 Å². The van der Waals surface area contributed by atoms with Gasteiger partial charge in [-0.3, -0.25) is 5.32 Å². The first-order chi connectivity index (χ1) is 7.80. The number of ether oxygens (including phenoxy) is 1. The number of nitrogens with one attached hydrogen (secondary N) is 1. The molecule has 0 radical (unpaired) electrons. The molecule has 0 amide bonds. The second kappa shape index (κ2) is 5.16. The molecule has 0 saturated heterocycles. The number of hydrogen-bond acceptors (Lipinski definition) is 3. The maximum Gasteiger partial charge on any atom is 0.133 e. The molecule has 2 unspecified atom stereocenters. The fourth-order valence-corrected chi connectivity index (χ4v) is 3.22. The van der Waals surface area contributed by atoms with Crippen molar-refractivity contribution in [3.8, 4) is 6.07 Å². The van der Waals surface area contributed by atoms with E-state index in [2.05, 4.69) is 11.4 Å². The molecule has 2 aliphatic carbocycles. The van der Waals surface area contributed by atoms with Gasteiger partial charge < -0.3 is 4.74 Å². The Morgan fingerprint density at radius 1 is 1.19 bits per heavy atom. The summed E-state index contributed by atoms with van der Waals surface area (Å²) in [5.41, 5.74) is -0.415. The standard InChI is InChI=1S/C13H22N2O/c1-16-12-8-4-5-9-13(12,10-14)15-11-6-2-3-7-11/h11-12,15H,2-9H2,1H3. The Morgan fingerprint density at radius 3 is 2.50 bits per heavy atom. The van der Waals surface area contributed by atoms with E-state index in [1.165, 1.54) is 32.1 Å². The van der Waals surface area contributed by atoms with Crippen molar-refractivity contribution in [1.82, 2.24) is 5.32 Å². The largest absolute Gasteiger partial charge is 0.378 e. The van der Waals surface area contributed by atoms with E-state index in [4.69, 9.17) is 4.74 Å². The number of hydrogen-bond donors (Lipinski definition) is 1. The van der Waals surface area contributed by atoms with Gasteiger partial charge in [0.1, 0.15) is 5.54 Å². The molecule has 0 aromatic carbocycles. The van der Waals surface area contributed by atoms with Gasteiger partial charge in [0.2, 0.25) is 0 Å². The lowest BCUT2D eigenvalue weighted by Gasteiger charge is -2.40. The molecule has 1 N–H and O–H groups in total. The summed E-state index contributed by atoms with van der Waals surface area (Å²) in [6.07, 6.45) is 9.42. The Bertz CT molecular complexity index is 268. The van der Waals surface area contributed by atoms with Crippen LogP contribution in [0.15, 0.2) is 0 Å². The highest BCUT2D eigenvalue weighted by Crippen LogP contribution is 2.32. The van der Waals surface area contributed by atoms with Gasteiger partial charge in [0.15, 0.2) is 0 Å². The quantitative estimate of drug-likeness (QED) is 0.797. The summed E-state index contributed by atoms with van der Waals surface area (Å²) in [5, 5.41) is 13.1. The molecule has 0 spiro atoms. The molecule has 0 aromatic rings. The Kier molecular flexibility index (Phi) is 3.83. The number of nitriles is 1. The normalized spacial score (nSPS) is 36.1. The highest BCUT2D eigenvalue weighted by Gasteiger charge is 2.43. The second-order valence-corrected chi connectivity index (χ2v) is 5.18. The maximum atomic E-state index is 9.51. The lowest BCUT2D eigenvalue weighted by molar-refractivity contribution is 0.00826. The van der Waals surface area contributed by atoms with Gasteiger partial charge in [0.05, 0.1) is 12.2 Å². The molecule has 2 fully saturated rings. The van der Waals surface area contributed by atoms with Crippen LogP contribution in [0.4, 0.5) is 0 Å². The average Bonchev–Trinajstić information content (AvgIpc) is 2.82. The van der Waals surface area contributed by atoms with Crippen LogP contribution in [0.3, 0.4) is 0 Å². The maximum absolute atomic E-state index is 9.51. The molecule has 0 aliphatic heterocycles. The molecule has 0 aromatic heterocycles. The van der Waals surface area contributed by atoms with Crippen LogP contribution in [0.2, 0.25) is 0 Å². The minimum Gasteiger partial charge on any atom is -0.378 e. The smallest absolute Gasteiger partial charge is 0.133 e.